The monoisotopic (exact) mass is 596 g/mol. The number of rotatable bonds is 15. The lowest BCUT2D eigenvalue weighted by molar-refractivity contribution is -0.140. The van der Waals surface area contributed by atoms with Crippen LogP contribution in [-0.2, 0) is 35.4 Å². The maximum absolute atomic E-state index is 14.1. The van der Waals surface area contributed by atoms with Gasteiger partial charge in [-0.3, -0.25) is 9.59 Å². The van der Waals surface area contributed by atoms with E-state index in [0.717, 1.165) is 28.0 Å². The lowest BCUT2D eigenvalue weighted by atomic mass is 10.0. The van der Waals surface area contributed by atoms with Gasteiger partial charge in [0.2, 0.25) is 11.8 Å². The number of benzene rings is 4. The van der Waals surface area contributed by atoms with Crippen molar-refractivity contribution in [3.05, 3.63) is 119 Å². The molecule has 1 N–H and O–H groups in total. The zero-order valence-electron chi connectivity index (χ0n) is 25.7. The predicted octanol–water partition coefficient (Wildman–Crippen LogP) is 5.26. The summed E-state index contributed by atoms with van der Waals surface area (Å²) in [5.74, 6) is 2.22. The fraction of sp³-hybridized carbons (Fsp3) is 0.278. The second kappa shape index (κ2) is 16.0. The standard InChI is InChI=1S/C36H40N2O6/c1-41-30-15-10-26(11-16-30)20-21-37-36(40)32(22-27-8-6-5-7-9-27)38(25-28-12-17-31(42-2)18-13-28)35(39)24-29-14-19-33(43-3)34(23-29)44-4/h5-19,23,32H,20-22,24-25H2,1-4H3,(H,37,40)/t32-/m0/s1. The first-order chi connectivity index (χ1) is 21.4. The van der Waals surface area contributed by atoms with Gasteiger partial charge in [0.25, 0.3) is 0 Å². The first-order valence-corrected chi connectivity index (χ1v) is 14.5. The summed E-state index contributed by atoms with van der Waals surface area (Å²) in [6.45, 7) is 0.677. The van der Waals surface area contributed by atoms with E-state index in [-0.39, 0.29) is 24.8 Å². The molecule has 0 spiro atoms. The molecule has 1 atom stereocenters. The van der Waals surface area contributed by atoms with Gasteiger partial charge in [-0.1, -0.05) is 60.7 Å². The van der Waals surface area contributed by atoms with Crippen molar-refractivity contribution >= 4 is 11.8 Å². The summed E-state index contributed by atoms with van der Waals surface area (Å²) in [6.07, 6.45) is 1.09. The zero-order valence-corrected chi connectivity index (χ0v) is 25.7. The van der Waals surface area contributed by atoms with Gasteiger partial charge in [0.15, 0.2) is 11.5 Å². The quantitative estimate of drug-likeness (QED) is 0.202. The maximum Gasteiger partial charge on any atom is 0.243 e. The molecule has 230 valence electrons. The van der Waals surface area contributed by atoms with Crippen molar-refractivity contribution < 1.29 is 28.5 Å². The molecule has 8 nitrogen and oxygen atoms in total. The summed E-state index contributed by atoms with van der Waals surface area (Å²) in [6, 6.07) is 29.7. The zero-order chi connectivity index (χ0) is 31.3. The molecule has 8 heteroatoms. The van der Waals surface area contributed by atoms with Crippen molar-refractivity contribution in [2.45, 2.75) is 31.8 Å². The molecule has 4 aromatic rings. The van der Waals surface area contributed by atoms with Crippen LogP contribution in [-0.4, -0.2) is 57.7 Å². The van der Waals surface area contributed by atoms with Gasteiger partial charge in [-0.05, 0) is 65.1 Å². The third-order valence-electron chi connectivity index (χ3n) is 7.46. The SMILES string of the molecule is COc1ccc(CCNC(=O)[C@H](Cc2ccccc2)N(Cc2ccc(OC)cc2)C(=O)Cc2ccc(OC)c(OC)c2)cc1. The molecule has 0 aliphatic heterocycles. The molecule has 0 aliphatic carbocycles. The van der Waals surface area contributed by atoms with Crippen LogP contribution in [0.1, 0.15) is 22.3 Å². The van der Waals surface area contributed by atoms with Gasteiger partial charge in [0.1, 0.15) is 17.5 Å². The highest BCUT2D eigenvalue weighted by Gasteiger charge is 2.30. The number of carbonyl (C=O) groups excluding carboxylic acids is 2. The molecule has 4 rings (SSSR count). The van der Waals surface area contributed by atoms with Crippen LogP contribution in [0.4, 0.5) is 0 Å². The Hall–Kier alpha value is -4.98. The van der Waals surface area contributed by atoms with E-state index in [1.807, 2.05) is 84.9 Å². The van der Waals surface area contributed by atoms with Crippen LogP contribution in [0, 0.1) is 0 Å². The lowest BCUT2D eigenvalue weighted by Crippen LogP contribution is -2.51. The van der Waals surface area contributed by atoms with Crippen molar-refractivity contribution in [3.8, 4) is 23.0 Å². The van der Waals surface area contributed by atoms with E-state index in [4.69, 9.17) is 18.9 Å². The minimum Gasteiger partial charge on any atom is -0.497 e. The summed E-state index contributed by atoms with van der Waals surface area (Å²) < 4.78 is 21.4. The van der Waals surface area contributed by atoms with Gasteiger partial charge in [-0.15, -0.1) is 0 Å². The Balaban J connectivity index is 1.61. The summed E-state index contributed by atoms with van der Waals surface area (Å²) in [5.41, 5.74) is 3.67. The Kier molecular flexibility index (Phi) is 11.6. The molecular weight excluding hydrogens is 556 g/mol. The van der Waals surface area contributed by atoms with Crippen LogP contribution in [0.2, 0.25) is 0 Å². The minimum atomic E-state index is -0.747. The van der Waals surface area contributed by atoms with Crippen LogP contribution in [0.25, 0.3) is 0 Å². The predicted molar refractivity (Wildman–Crippen MR) is 170 cm³/mol. The molecule has 0 bridgehead atoms. The van der Waals surface area contributed by atoms with Gasteiger partial charge in [-0.25, -0.2) is 0 Å². The molecule has 0 saturated heterocycles. The maximum atomic E-state index is 14.1. The Morgan fingerprint density at radius 1 is 0.659 bits per heavy atom. The molecule has 0 radical (unpaired) electrons. The van der Waals surface area contributed by atoms with E-state index in [1.165, 1.54) is 0 Å². The number of hydrogen-bond acceptors (Lipinski definition) is 6. The second-order valence-corrected chi connectivity index (χ2v) is 10.3. The summed E-state index contributed by atoms with van der Waals surface area (Å²) >= 11 is 0. The van der Waals surface area contributed by atoms with Gasteiger partial charge in [-0.2, -0.15) is 0 Å². The Morgan fingerprint density at radius 3 is 1.84 bits per heavy atom. The minimum absolute atomic E-state index is 0.0843. The van der Waals surface area contributed by atoms with Crippen molar-refractivity contribution in [1.82, 2.24) is 10.2 Å². The highest BCUT2D eigenvalue weighted by molar-refractivity contribution is 5.89. The topological polar surface area (TPSA) is 86.3 Å². The van der Waals surface area contributed by atoms with E-state index in [9.17, 15) is 9.59 Å². The third kappa shape index (κ3) is 8.77. The molecule has 4 aromatic carbocycles. The van der Waals surface area contributed by atoms with Crippen LogP contribution in [0.5, 0.6) is 23.0 Å². The molecule has 0 aliphatic rings. The van der Waals surface area contributed by atoms with Gasteiger partial charge >= 0.3 is 0 Å². The average molecular weight is 597 g/mol. The van der Waals surface area contributed by atoms with Crippen molar-refractivity contribution in [2.24, 2.45) is 0 Å². The first kappa shape index (κ1) is 31.9. The Bertz CT molecular complexity index is 1490. The van der Waals surface area contributed by atoms with E-state index in [2.05, 4.69) is 5.32 Å². The first-order valence-electron chi connectivity index (χ1n) is 14.5. The highest BCUT2D eigenvalue weighted by Crippen LogP contribution is 2.28. The van der Waals surface area contributed by atoms with Crippen molar-refractivity contribution in [1.29, 1.82) is 0 Å². The van der Waals surface area contributed by atoms with E-state index < -0.39 is 6.04 Å². The normalized spacial score (nSPS) is 11.3. The molecule has 0 unspecified atom stereocenters. The molecule has 2 amide bonds. The number of methoxy groups -OCH3 is 4. The summed E-state index contributed by atoms with van der Waals surface area (Å²) in [5, 5.41) is 3.10. The number of amides is 2. The van der Waals surface area contributed by atoms with Crippen molar-refractivity contribution in [2.75, 3.05) is 35.0 Å². The fourth-order valence-electron chi connectivity index (χ4n) is 4.99. The van der Waals surface area contributed by atoms with Gasteiger partial charge in [0.05, 0.1) is 34.9 Å². The Labute approximate surface area is 259 Å². The van der Waals surface area contributed by atoms with Gasteiger partial charge < -0.3 is 29.2 Å². The van der Waals surface area contributed by atoms with E-state index >= 15 is 0 Å². The third-order valence-corrected chi connectivity index (χ3v) is 7.46. The second-order valence-electron chi connectivity index (χ2n) is 10.3. The Morgan fingerprint density at radius 2 is 1.25 bits per heavy atom. The molecular formula is C36H40N2O6. The molecule has 0 aromatic heterocycles. The fourth-order valence-corrected chi connectivity index (χ4v) is 4.99. The lowest BCUT2D eigenvalue weighted by Gasteiger charge is -2.32. The van der Waals surface area contributed by atoms with Crippen molar-refractivity contribution in [3.63, 3.8) is 0 Å². The highest BCUT2D eigenvalue weighted by atomic mass is 16.5. The van der Waals surface area contributed by atoms with Gasteiger partial charge in [0, 0.05) is 19.5 Å². The average Bonchev–Trinajstić information content (AvgIpc) is 3.07. The molecule has 0 heterocycles. The van der Waals surface area contributed by atoms with Crippen LogP contribution < -0.4 is 24.3 Å². The smallest absolute Gasteiger partial charge is 0.243 e. The molecule has 0 fully saturated rings. The number of carbonyl (C=O) groups is 2. The van der Waals surface area contributed by atoms with E-state index in [0.29, 0.717) is 36.6 Å². The summed E-state index contributed by atoms with van der Waals surface area (Å²) in [7, 11) is 6.37. The van der Waals surface area contributed by atoms with E-state index in [1.54, 1.807) is 45.5 Å². The molecule has 0 saturated carbocycles. The number of hydrogen-bond donors (Lipinski definition) is 1. The molecule has 44 heavy (non-hydrogen) atoms. The van der Waals surface area contributed by atoms with Crippen LogP contribution in [0.15, 0.2) is 97.1 Å². The van der Waals surface area contributed by atoms with Crippen LogP contribution in [0.3, 0.4) is 0 Å². The summed E-state index contributed by atoms with van der Waals surface area (Å²) in [4.78, 5) is 29.7. The number of nitrogens with one attached hydrogen (secondary N) is 1. The van der Waals surface area contributed by atoms with Crippen LogP contribution >= 0.6 is 0 Å². The number of ether oxygens (including phenoxy) is 4. The largest absolute Gasteiger partial charge is 0.497 e. The number of nitrogens with zero attached hydrogens (tertiary/aromatic N) is 1.